The molecule has 1 saturated carbocycles. The number of nitrogens with two attached hydrogens (primary N) is 1. The van der Waals surface area contributed by atoms with Gasteiger partial charge in [-0.2, -0.15) is 0 Å². The van der Waals surface area contributed by atoms with E-state index < -0.39 is 0 Å². The molecular weight excluding hydrogens is 464 g/mol. The van der Waals surface area contributed by atoms with Gasteiger partial charge >= 0.3 is 0 Å². The number of fused-ring (bicyclic) bond motifs is 1. The number of thioether (sulfide) groups is 1. The molecule has 1 aliphatic rings. The third kappa shape index (κ3) is 4.53. The van der Waals surface area contributed by atoms with Gasteiger partial charge in [0, 0.05) is 17.0 Å². The second kappa shape index (κ2) is 9.52. The number of pyridine rings is 1. The molecule has 9 heteroatoms. The van der Waals surface area contributed by atoms with Gasteiger partial charge in [-0.3, -0.25) is 15.2 Å². The van der Waals surface area contributed by atoms with E-state index in [9.17, 15) is 4.79 Å². The SMILES string of the molecule is CSc1ncnc2c(C(=O)Nc3cccc(NCc4cccc(C)n4)c3C(=[NH2+])C3CC3)csc12. The van der Waals surface area contributed by atoms with Crippen LogP contribution in [0, 0.1) is 12.8 Å². The van der Waals surface area contributed by atoms with E-state index in [0.717, 1.165) is 50.9 Å². The van der Waals surface area contributed by atoms with Gasteiger partial charge < -0.3 is 10.6 Å². The lowest BCUT2D eigenvalue weighted by Crippen LogP contribution is -2.42. The summed E-state index contributed by atoms with van der Waals surface area (Å²) in [6.45, 7) is 2.54. The molecule has 7 nitrogen and oxygen atoms in total. The molecule has 1 amide bonds. The molecule has 1 fully saturated rings. The minimum atomic E-state index is -0.209. The topological polar surface area (TPSA) is 105 Å². The van der Waals surface area contributed by atoms with Crippen LogP contribution in [0.4, 0.5) is 11.4 Å². The molecule has 0 unspecified atom stereocenters. The molecule has 1 aromatic carbocycles. The molecule has 0 atom stereocenters. The molecule has 0 radical (unpaired) electrons. The number of anilines is 2. The minimum absolute atomic E-state index is 0.209. The summed E-state index contributed by atoms with van der Waals surface area (Å²) in [4.78, 5) is 26.6. The first-order valence-electron chi connectivity index (χ1n) is 11.0. The van der Waals surface area contributed by atoms with Crippen LogP contribution in [0.5, 0.6) is 0 Å². The normalized spacial score (nSPS) is 13.1. The highest BCUT2D eigenvalue weighted by Crippen LogP contribution is 2.37. The summed E-state index contributed by atoms with van der Waals surface area (Å²) < 4.78 is 0.922. The Kier molecular flexibility index (Phi) is 6.30. The molecular formula is C25H25N6OS2+. The van der Waals surface area contributed by atoms with E-state index in [4.69, 9.17) is 5.41 Å². The van der Waals surface area contributed by atoms with Crippen LogP contribution in [0.1, 0.15) is 40.2 Å². The number of nitrogens with zero attached hydrogens (tertiary/aromatic N) is 3. The number of aryl methyl sites for hydroxylation is 1. The van der Waals surface area contributed by atoms with Crippen molar-refractivity contribution in [3.8, 4) is 0 Å². The van der Waals surface area contributed by atoms with Gasteiger partial charge in [0.1, 0.15) is 11.4 Å². The fraction of sp³-hybridized carbons (Fsp3) is 0.240. The summed E-state index contributed by atoms with van der Waals surface area (Å²) in [6.07, 6.45) is 5.60. The van der Waals surface area contributed by atoms with Gasteiger partial charge in [0.25, 0.3) is 5.91 Å². The van der Waals surface area contributed by atoms with Crippen LogP contribution in [0.3, 0.4) is 0 Å². The van der Waals surface area contributed by atoms with Crippen molar-refractivity contribution < 1.29 is 10.2 Å². The highest BCUT2D eigenvalue weighted by Gasteiger charge is 2.35. The Balaban J connectivity index is 1.46. The predicted molar refractivity (Wildman–Crippen MR) is 139 cm³/mol. The quantitative estimate of drug-likeness (QED) is 0.197. The van der Waals surface area contributed by atoms with E-state index in [0.29, 0.717) is 29.2 Å². The predicted octanol–water partition coefficient (Wildman–Crippen LogP) is 3.94. The molecule has 0 saturated heterocycles. The second-order valence-corrected chi connectivity index (χ2v) is 9.92. The number of rotatable bonds is 8. The maximum absolute atomic E-state index is 13.3. The average molecular weight is 490 g/mol. The Hall–Kier alpha value is -3.30. The fourth-order valence-electron chi connectivity index (χ4n) is 3.92. The Morgan fingerprint density at radius 3 is 2.74 bits per heavy atom. The zero-order valence-corrected chi connectivity index (χ0v) is 20.6. The Labute approximate surface area is 206 Å². The summed E-state index contributed by atoms with van der Waals surface area (Å²) in [5.41, 5.74) is 6.35. The summed E-state index contributed by atoms with van der Waals surface area (Å²) in [6, 6.07) is 11.8. The number of hydrogen-bond donors (Lipinski definition) is 3. The van der Waals surface area contributed by atoms with E-state index in [-0.39, 0.29) is 5.91 Å². The van der Waals surface area contributed by atoms with Crippen LogP contribution in [0.2, 0.25) is 0 Å². The lowest BCUT2D eigenvalue weighted by atomic mass is 10.0. The molecule has 0 aliphatic heterocycles. The maximum atomic E-state index is 13.3. The lowest BCUT2D eigenvalue weighted by Gasteiger charge is -2.15. The van der Waals surface area contributed by atoms with Crippen LogP contribution in [-0.2, 0) is 6.54 Å². The molecule has 4 N–H and O–H groups in total. The fourth-order valence-corrected chi connectivity index (χ4v) is 5.63. The van der Waals surface area contributed by atoms with Gasteiger partial charge in [-0.05, 0) is 50.3 Å². The standard InChI is InChI=1S/C25H24N6OS2/c1-14-5-3-6-16(30-14)11-27-18-7-4-8-19(20(18)21(26)15-9-10-15)31-24(32)17-12-34-23-22(17)28-13-29-25(23)33-2/h3-8,12-13,15,26-27H,9-11H2,1-2H3,(H,31,32)/p+1. The Morgan fingerprint density at radius 2 is 1.97 bits per heavy atom. The number of aromatic nitrogens is 3. The number of benzene rings is 1. The average Bonchev–Trinajstić information content (AvgIpc) is 3.60. The summed E-state index contributed by atoms with van der Waals surface area (Å²) in [5, 5.41) is 15.9. The van der Waals surface area contributed by atoms with Crippen molar-refractivity contribution in [2.75, 3.05) is 16.9 Å². The number of carbonyl (C=O) groups is 1. The number of nitrogens with one attached hydrogen (secondary N) is 2. The van der Waals surface area contributed by atoms with E-state index in [1.165, 1.54) is 17.7 Å². The molecule has 0 bridgehead atoms. The maximum Gasteiger partial charge on any atom is 0.258 e. The lowest BCUT2D eigenvalue weighted by molar-refractivity contribution is -0.116. The van der Waals surface area contributed by atoms with Crippen LogP contribution < -0.4 is 16.0 Å². The van der Waals surface area contributed by atoms with Crippen molar-refractivity contribution in [1.82, 2.24) is 15.0 Å². The zero-order chi connectivity index (χ0) is 23.7. The third-order valence-corrected chi connectivity index (χ3v) is 7.58. The summed E-state index contributed by atoms with van der Waals surface area (Å²) in [7, 11) is 0. The first kappa shape index (κ1) is 22.5. The van der Waals surface area contributed by atoms with Gasteiger partial charge in [-0.25, -0.2) is 9.97 Å². The van der Waals surface area contributed by atoms with E-state index >= 15 is 0 Å². The minimum Gasteiger partial charge on any atom is -0.379 e. The van der Waals surface area contributed by atoms with E-state index in [1.807, 2.05) is 55.0 Å². The summed E-state index contributed by atoms with van der Waals surface area (Å²) in [5.74, 6) is 0.133. The molecule has 1 aliphatic carbocycles. The van der Waals surface area contributed by atoms with Crippen molar-refractivity contribution in [2.45, 2.75) is 31.3 Å². The van der Waals surface area contributed by atoms with Crippen LogP contribution in [0.25, 0.3) is 10.2 Å². The smallest absolute Gasteiger partial charge is 0.258 e. The molecule has 3 heterocycles. The monoisotopic (exact) mass is 489 g/mol. The van der Waals surface area contributed by atoms with Gasteiger partial charge in [-0.1, -0.05) is 12.1 Å². The zero-order valence-electron chi connectivity index (χ0n) is 19.0. The van der Waals surface area contributed by atoms with E-state index in [2.05, 4.69) is 25.6 Å². The number of thiophene rings is 1. The molecule has 34 heavy (non-hydrogen) atoms. The molecule has 5 rings (SSSR count). The van der Waals surface area contributed by atoms with Gasteiger partial charge in [0.05, 0.1) is 45.0 Å². The number of hydrogen-bond acceptors (Lipinski definition) is 7. The van der Waals surface area contributed by atoms with Gasteiger partial charge in [-0.15, -0.1) is 23.1 Å². The Morgan fingerprint density at radius 1 is 1.18 bits per heavy atom. The van der Waals surface area contributed by atoms with Crippen molar-refractivity contribution in [2.24, 2.45) is 5.92 Å². The Bertz CT molecular complexity index is 1400. The van der Waals surface area contributed by atoms with Gasteiger partial charge in [0.15, 0.2) is 5.71 Å². The first-order chi connectivity index (χ1) is 16.5. The molecule has 172 valence electrons. The highest BCUT2D eigenvalue weighted by atomic mass is 32.2. The van der Waals surface area contributed by atoms with Gasteiger partial charge in [0.2, 0.25) is 0 Å². The van der Waals surface area contributed by atoms with Crippen molar-refractivity contribution in [3.05, 3.63) is 70.6 Å². The van der Waals surface area contributed by atoms with Crippen LogP contribution >= 0.6 is 23.1 Å². The second-order valence-electron chi connectivity index (χ2n) is 8.25. The largest absolute Gasteiger partial charge is 0.379 e. The van der Waals surface area contributed by atoms with Crippen LogP contribution in [0.15, 0.2) is 53.1 Å². The first-order valence-corrected chi connectivity index (χ1v) is 13.1. The van der Waals surface area contributed by atoms with Crippen molar-refractivity contribution >= 4 is 56.3 Å². The van der Waals surface area contributed by atoms with Crippen molar-refractivity contribution in [1.29, 1.82) is 0 Å². The number of carbonyl (C=O) groups excluding carboxylic acids is 1. The highest BCUT2D eigenvalue weighted by molar-refractivity contribution is 7.98. The van der Waals surface area contributed by atoms with E-state index in [1.54, 1.807) is 11.8 Å². The number of amides is 1. The molecule has 4 aromatic rings. The van der Waals surface area contributed by atoms with Crippen LogP contribution in [-0.4, -0.2) is 32.8 Å². The van der Waals surface area contributed by atoms with Crippen molar-refractivity contribution in [3.63, 3.8) is 0 Å². The third-order valence-electron chi connectivity index (χ3n) is 5.78. The summed E-state index contributed by atoms with van der Waals surface area (Å²) >= 11 is 3.03. The molecule has 0 spiro atoms. The molecule has 3 aromatic heterocycles.